The maximum absolute atomic E-state index is 12.2. The number of carbonyl (C=O) groups is 1. The van der Waals surface area contributed by atoms with E-state index in [1.54, 1.807) is 36.4 Å². The summed E-state index contributed by atoms with van der Waals surface area (Å²) >= 11 is 11.8. The number of anilines is 2. The Labute approximate surface area is 130 Å². The van der Waals surface area contributed by atoms with Crippen LogP contribution in [0.1, 0.15) is 10.5 Å². The number of benzene rings is 2. The molecule has 0 radical (unpaired) electrons. The summed E-state index contributed by atoms with van der Waals surface area (Å²) in [6.07, 6.45) is 0. The Kier molecular flexibility index (Phi) is 3.49. The molecule has 4 nitrogen and oxygen atoms in total. The molecule has 0 fully saturated rings. The molecule has 0 aliphatic carbocycles. The van der Waals surface area contributed by atoms with Crippen molar-refractivity contribution in [2.24, 2.45) is 0 Å². The van der Waals surface area contributed by atoms with Gasteiger partial charge in [0.15, 0.2) is 0 Å². The van der Waals surface area contributed by atoms with Crippen LogP contribution in [-0.4, -0.2) is 10.9 Å². The van der Waals surface area contributed by atoms with E-state index in [0.717, 1.165) is 10.9 Å². The van der Waals surface area contributed by atoms with E-state index >= 15 is 0 Å². The van der Waals surface area contributed by atoms with E-state index in [-0.39, 0.29) is 5.91 Å². The van der Waals surface area contributed by atoms with Gasteiger partial charge in [0.25, 0.3) is 5.91 Å². The van der Waals surface area contributed by atoms with Gasteiger partial charge in [0.1, 0.15) is 5.69 Å². The zero-order valence-electron chi connectivity index (χ0n) is 10.8. The summed E-state index contributed by atoms with van der Waals surface area (Å²) in [4.78, 5) is 15.3. The fourth-order valence-electron chi connectivity index (χ4n) is 2.10. The fourth-order valence-corrected chi connectivity index (χ4v) is 2.62. The molecule has 0 bridgehead atoms. The van der Waals surface area contributed by atoms with Crippen LogP contribution in [0.2, 0.25) is 10.0 Å². The third-order valence-electron chi connectivity index (χ3n) is 3.01. The average molecular weight is 320 g/mol. The van der Waals surface area contributed by atoms with Gasteiger partial charge >= 0.3 is 0 Å². The highest BCUT2D eigenvalue weighted by Crippen LogP contribution is 2.24. The minimum Gasteiger partial charge on any atom is -0.399 e. The van der Waals surface area contributed by atoms with Gasteiger partial charge in [-0.15, -0.1) is 0 Å². The second-order valence-corrected chi connectivity index (χ2v) is 5.51. The van der Waals surface area contributed by atoms with Gasteiger partial charge in [-0.25, -0.2) is 0 Å². The van der Waals surface area contributed by atoms with Crippen molar-refractivity contribution >= 4 is 51.4 Å². The number of fused-ring (bicyclic) bond motifs is 1. The summed E-state index contributed by atoms with van der Waals surface area (Å²) in [6.45, 7) is 0. The summed E-state index contributed by atoms with van der Waals surface area (Å²) in [5, 5.41) is 4.54. The Bertz CT molecular complexity index is 822. The van der Waals surface area contributed by atoms with Gasteiger partial charge in [-0.2, -0.15) is 0 Å². The molecule has 3 rings (SSSR count). The molecule has 0 saturated heterocycles. The molecule has 0 aliphatic heterocycles. The van der Waals surface area contributed by atoms with E-state index in [9.17, 15) is 4.79 Å². The number of aromatic nitrogens is 1. The van der Waals surface area contributed by atoms with E-state index in [4.69, 9.17) is 28.9 Å². The highest BCUT2D eigenvalue weighted by atomic mass is 35.5. The number of nitrogen functional groups attached to an aromatic ring is 1. The second-order valence-electron chi connectivity index (χ2n) is 4.64. The zero-order valence-corrected chi connectivity index (χ0v) is 12.3. The van der Waals surface area contributed by atoms with Crippen LogP contribution in [0.3, 0.4) is 0 Å². The normalized spacial score (nSPS) is 10.8. The Balaban J connectivity index is 1.89. The second kappa shape index (κ2) is 5.31. The molecule has 0 unspecified atom stereocenters. The molecule has 0 aliphatic rings. The number of H-pyrrole nitrogens is 1. The van der Waals surface area contributed by atoms with Crippen molar-refractivity contribution in [2.45, 2.75) is 0 Å². The van der Waals surface area contributed by atoms with E-state index < -0.39 is 0 Å². The summed E-state index contributed by atoms with van der Waals surface area (Å²) in [5.74, 6) is -0.275. The van der Waals surface area contributed by atoms with Crippen molar-refractivity contribution in [1.29, 1.82) is 0 Å². The maximum Gasteiger partial charge on any atom is 0.272 e. The molecular formula is C15H11Cl2N3O. The van der Waals surface area contributed by atoms with Crippen LogP contribution in [0.25, 0.3) is 10.9 Å². The highest BCUT2D eigenvalue weighted by Gasteiger charge is 2.10. The SMILES string of the molecule is Nc1ccc2[nH]c(C(=O)Nc3cc(Cl)cc(Cl)c3)cc2c1. The zero-order chi connectivity index (χ0) is 15.0. The summed E-state index contributed by atoms with van der Waals surface area (Å²) in [6, 6.07) is 12.0. The summed E-state index contributed by atoms with van der Waals surface area (Å²) in [5.41, 5.74) is 8.19. The molecular weight excluding hydrogens is 309 g/mol. The van der Waals surface area contributed by atoms with Crippen LogP contribution in [0, 0.1) is 0 Å². The molecule has 21 heavy (non-hydrogen) atoms. The molecule has 1 aromatic heterocycles. The Morgan fingerprint density at radius 3 is 2.48 bits per heavy atom. The number of hydrogen-bond donors (Lipinski definition) is 3. The van der Waals surface area contributed by atoms with Crippen LogP contribution in [0.15, 0.2) is 42.5 Å². The van der Waals surface area contributed by atoms with Crippen molar-refractivity contribution < 1.29 is 4.79 Å². The quantitative estimate of drug-likeness (QED) is 0.616. The lowest BCUT2D eigenvalue weighted by molar-refractivity contribution is 0.102. The number of halogens is 2. The van der Waals surface area contributed by atoms with Crippen molar-refractivity contribution in [3.05, 3.63) is 58.2 Å². The molecule has 0 atom stereocenters. The summed E-state index contributed by atoms with van der Waals surface area (Å²) < 4.78 is 0. The average Bonchev–Trinajstić information content (AvgIpc) is 2.80. The monoisotopic (exact) mass is 319 g/mol. The fraction of sp³-hybridized carbons (Fsp3) is 0. The molecule has 1 amide bonds. The van der Waals surface area contributed by atoms with E-state index in [1.807, 2.05) is 6.07 Å². The van der Waals surface area contributed by atoms with Crippen molar-refractivity contribution in [3.8, 4) is 0 Å². The molecule has 3 aromatic rings. The predicted octanol–water partition coefficient (Wildman–Crippen LogP) is 4.31. The largest absolute Gasteiger partial charge is 0.399 e. The number of amides is 1. The summed E-state index contributed by atoms with van der Waals surface area (Å²) in [7, 11) is 0. The molecule has 6 heteroatoms. The smallest absolute Gasteiger partial charge is 0.272 e. The number of nitrogens with two attached hydrogens (primary N) is 1. The number of nitrogens with one attached hydrogen (secondary N) is 2. The topological polar surface area (TPSA) is 70.9 Å². The minimum atomic E-state index is -0.275. The van der Waals surface area contributed by atoms with Gasteiger partial charge < -0.3 is 16.0 Å². The van der Waals surface area contributed by atoms with Crippen LogP contribution in [0.5, 0.6) is 0 Å². The Morgan fingerprint density at radius 2 is 1.76 bits per heavy atom. The van der Waals surface area contributed by atoms with Crippen molar-refractivity contribution in [3.63, 3.8) is 0 Å². The van der Waals surface area contributed by atoms with Gasteiger partial charge in [-0.05, 0) is 42.5 Å². The van der Waals surface area contributed by atoms with Crippen LogP contribution in [0.4, 0.5) is 11.4 Å². The first-order valence-corrected chi connectivity index (χ1v) is 6.92. The molecule has 1 heterocycles. The van der Waals surface area contributed by atoms with Gasteiger partial charge in [0.05, 0.1) is 0 Å². The maximum atomic E-state index is 12.2. The van der Waals surface area contributed by atoms with Gasteiger partial charge in [0, 0.05) is 32.3 Å². The lowest BCUT2D eigenvalue weighted by Gasteiger charge is -2.04. The first-order chi connectivity index (χ1) is 10.0. The van der Waals surface area contributed by atoms with E-state index in [1.165, 1.54) is 0 Å². The number of carbonyl (C=O) groups excluding carboxylic acids is 1. The van der Waals surface area contributed by atoms with Crippen LogP contribution in [-0.2, 0) is 0 Å². The first kappa shape index (κ1) is 13.8. The lowest BCUT2D eigenvalue weighted by atomic mass is 10.2. The lowest BCUT2D eigenvalue weighted by Crippen LogP contribution is -2.12. The Morgan fingerprint density at radius 1 is 1.05 bits per heavy atom. The number of hydrogen-bond acceptors (Lipinski definition) is 2. The van der Waals surface area contributed by atoms with Gasteiger partial charge in [-0.3, -0.25) is 4.79 Å². The van der Waals surface area contributed by atoms with Crippen molar-refractivity contribution in [2.75, 3.05) is 11.1 Å². The number of aromatic amines is 1. The molecule has 0 spiro atoms. The third-order valence-corrected chi connectivity index (χ3v) is 3.45. The van der Waals surface area contributed by atoms with Crippen molar-refractivity contribution in [1.82, 2.24) is 4.98 Å². The third kappa shape index (κ3) is 2.96. The predicted molar refractivity (Wildman–Crippen MR) is 87.1 cm³/mol. The van der Waals surface area contributed by atoms with Crippen LogP contribution < -0.4 is 11.1 Å². The highest BCUT2D eigenvalue weighted by molar-refractivity contribution is 6.35. The molecule has 106 valence electrons. The first-order valence-electron chi connectivity index (χ1n) is 6.17. The van der Waals surface area contributed by atoms with Gasteiger partial charge in [0.2, 0.25) is 0 Å². The molecule has 2 aromatic carbocycles. The standard InChI is InChI=1S/C15H11Cl2N3O/c16-9-5-10(17)7-12(6-9)19-15(21)14-4-8-3-11(18)1-2-13(8)20-14/h1-7,20H,18H2,(H,19,21). The van der Waals surface area contributed by atoms with Gasteiger partial charge in [-0.1, -0.05) is 23.2 Å². The Hall–Kier alpha value is -2.17. The molecule has 0 saturated carbocycles. The van der Waals surface area contributed by atoms with E-state index in [2.05, 4.69) is 10.3 Å². The van der Waals surface area contributed by atoms with Crippen LogP contribution >= 0.6 is 23.2 Å². The van der Waals surface area contributed by atoms with E-state index in [0.29, 0.717) is 27.1 Å². The number of rotatable bonds is 2. The minimum absolute atomic E-state index is 0.275. The molecule has 4 N–H and O–H groups in total.